The van der Waals surface area contributed by atoms with Gasteiger partial charge in [-0.3, -0.25) is 4.79 Å². The first-order valence-corrected chi connectivity index (χ1v) is 6.17. The van der Waals surface area contributed by atoms with Crippen molar-refractivity contribution in [1.29, 1.82) is 0 Å². The van der Waals surface area contributed by atoms with Crippen molar-refractivity contribution in [2.45, 2.75) is 19.9 Å². The van der Waals surface area contributed by atoms with Crippen molar-refractivity contribution in [2.24, 2.45) is 0 Å². The number of carbonyl (C=O) groups is 2. The number of hydrogen-bond donors (Lipinski definition) is 1. The highest BCUT2D eigenvalue weighted by molar-refractivity contribution is 7.13. The molecule has 1 amide bonds. The lowest BCUT2D eigenvalue weighted by Gasteiger charge is -2.38. The van der Waals surface area contributed by atoms with Crippen LogP contribution in [0.5, 0.6) is 0 Å². The first kappa shape index (κ1) is 11.9. The summed E-state index contributed by atoms with van der Waals surface area (Å²) in [6.45, 7) is 4.00. The maximum absolute atomic E-state index is 11.6. The maximum atomic E-state index is 11.6. The van der Waals surface area contributed by atoms with Gasteiger partial charge in [0.2, 0.25) is 5.91 Å². The van der Waals surface area contributed by atoms with Gasteiger partial charge in [0, 0.05) is 31.9 Å². The van der Waals surface area contributed by atoms with Gasteiger partial charge >= 0.3 is 5.97 Å². The largest absolute Gasteiger partial charge is 0.477 e. The number of anilines is 2. The van der Waals surface area contributed by atoms with Crippen LogP contribution in [0.3, 0.4) is 0 Å². The van der Waals surface area contributed by atoms with Gasteiger partial charge in [-0.05, 0) is 6.92 Å². The van der Waals surface area contributed by atoms with Crippen molar-refractivity contribution in [2.75, 3.05) is 23.4 Å². The van der Waals surface area contributed by atoms with Crippen molar-refractivity contribution >= 4 is 34.6 Å². The van der Waals surface area contributed by atoms with Crippen LogP contribution < -0.4 is 9.80 Å². The quantitative estimate of drug-likeness (QED) is 0.827. The summed E-state index contributed by atoms with van der Waals surface area (Å²) in [5, 5.41) is 10.9. The van der Waals surface area contributed by atoms with Crippen molar-refractivity contribution in [3.05, 3.63) is 10.3 Å². The number of carboxylic acid groups (broad SMARTS) is 1. The predicted octanol–water partition coefficient (Wildman–Crippen LogP) is 1.64. The van der Waals surface area contributed by atoms with Crippen molar-refractivity contribution in [1.82, 2.24) is 0 Å². The minimum absolute atomic E-state index is 0.118. The zero-order valence-electron chi connectivity index (χ0n) is 9.93. The third kappa shape index (κ3) is 1.78. The van der Waals surface area contributed by atoms with Crippen LogP contribution in [-0.2, 0) is 4.79 Å². The molecule has 1 aliphatic heterocycles. The van der Waals surface area contributed by atoms with Gasteiger partial charge < -0.3 is 14.9 Å². The zero-order chi connectivity index (χ0) is 12.7. The Morgan fingerprint density at radius 1 is 1.53 bits per heavy atom. The summed E-state index contributed by atoms with van der Waals surface area (Å²) in [6, 6.07) is 0.183. The highest BCUT2D eigenvalue weighted by Gasteiger charge is 2.33. The Hall–Kier alpha value is -1.56. The van der Waals surface area contributed by atoms with Crippen LogP contribution in [0.4, 0.5) is 11.4 Å². The molecule has 1 aromatic rings. The summed E-state index contributed by atoms with van der Waals surface area (Å²) in [5.74, 6) is -1.10. The van der Waals surface area contributed by atoms with Crippen molar-refractivity contribution in [3.8, 4) is 0 Å². The van der Waals surface area contributed by atoms with E-state index in [4.69, 9.17) is 5.11 Å². The second kappa shape index (κ2) is 4.03. The molecular formula is C11H14N2O3S. The molecule has 1 unspecified atom stereocenters. The van der Waals surface area contributed by atoms with Gasteiger partial charge in [0.1, 0.15) is 4.88 Å². The second-order valence-corrected chi connectivity index (χ2v) is 5.07. The molecule has 0 saturated heterocycles. The normalized spacial score (nSPS) is 19.1. The summed E-state index contributed by atoms with van der Waals surface area (Å²) in [4.78, 5) is 26.5. The van der Waals surface area contributed by atoms with Crippen LogP contribution in [0.1, 0.15) is 23.5 Å². The number of carbonyl (C=O) groups excluding carboxylic acids is 1. The first-order chi connectivity index (χ1) is 7.93. The SMILES string of the molecule is CC(=O)N1CC(C)N(C)c2csc(C(=O)O)c21. The van der Waals surface area contributed by atoms with Crippen molar-refractivity contribution in [3.63, 3.8) is 0 Å². The molecule has 2 heterocycles. The van der Waals surface area contributed by atoms with E-state index in [0.29, 0.717) is 12.2 Å². The Morgan fingerprint density at radius 3 is 2.71 bits per heavy atom. The number of likely N-dealkylation sites (N-methyl/N-ethyl adjacent to an activating group) is 1. The van der Waals surface area contributed by atoms with Gasteiger partial charge in [-0.25, -0.2) is 4.79 Å². The number of aromatic carboxylic acids is 1. The number of fused-ring (bicyclic) bond motifs is 1. The first-order valence-electron chi connectivity index (χ1n) is 5.29. The van der Waals surface area contributed by atoms with Gasteiger partial charge in [0.05, 0.1) is 11.4 Å². The molecule has 1 aromatic heterocycles. The predicted molar refractivity (Wildman–Crippen MR) is 67.2 cm³/mol. The summed E-state index contributed by atoms with van der Waals surface area (Å²) in [6.07, 6.45) is 0. The molecule has 6 heteroatoms. The molecule has 0 saturated carbocycles. The van der Waals surface area contributed by atoms with E-state index in [1.165, 1.54) is 18.3 Å². The lowest BCUT2D eigenvalue weighted by atomic mass is 10.1. The second-order valence-electron chi connectivity index (χ2n) is 4.19. The fraction of sp³-hybridized carbons (Fsp3) is 0.455. The molecule has 1 N–H and O–H groups in total. The fourth-order valence-electron chi connectivity index (χ4n) is 2.01. The fourth-order valence-corrected chi connectivity index (χ4v) is 2.94. The highest BCUT2D eigenvalue weighted by atomic mass is 32.1. The molecule has 2 rings (SSSR count). The molecule has 92 valence electrons. The Kier molecular flexibility index (Phi) is 2.82. The molecule has 17 heavy (non-hydrogen) atoms. The standard InChI is InChI=1S/C11H14N2O3S/c1-6-4-13(7(2)14)9-8(12(6)3)5-17-10(9)11(15)16/h5-6H,4H2,1-3H3,(H,15,16). The number of amides is 1. The lowest BCUT2D eigenvalue weighted by Crippen LogP contribution is -2.47. The molecule has 0 fully saturated rings. The van der Waals surface area contributed by atoms with Crippen LogP contribution in [0, 0.1) is 0 Å². The van der Waals surface area contributed by atoms with Crippen LogP contribution in [0.15, 0.2) is 5.38 Å². The third-order valence-electron chi connectivity index (χ3n) is 3.08. The monoisotopic (exact) mass is 254 g/mol. The van der Waals surface area contributed by atoms with Crippen LogP contribution in [0.2, 0.25) is 0 Å². The van der Waals surface area contributed by atoms with Gasteiger partial charge in [-0.1, -0.05) is 0 Å². The molecule has 1 aliphatic rings. The molecular weight excluding hydrogens is 240 g/mol. The van der Waals surface area contributed by atoms with Gasteiger partial charge in [-0.15, -0.1) is 11.3 Å². The van der Waals surface area contributed by atoms with Crippen LogP contribution in [0.25, 0.3) is 0 Å². The molecule has 0 aromatic carbocycles. The Balaban J connectivity index is 2.59. The van der Waals surface area contributed by atoms with Gasteiger partial charge in [0.25, 0.3) is 0 Å². The third-order valence-corrected chi connectivity index (χ3v) is 4.02. The molecule has 5 nitrogen and oxygen atoms in total. The number of carboxylic acids is 1. The van der Waals surface area contributed by atoms with Crippen LogP contribution >= 0.6 is 11.3 Å². The van der Waals surface area contributed by atoms with E-state index in [0.717, 1.165) is 5.69 Å². The summed E-state index contributed by atoms with van der Waals surface area (Å²) in [5.41, 5.74) is 1.36. The van der Waals surface area contributed by atoms with Crippen molar-refractivity contribution < 1.29 is 14.7 Å². The summed E-state index contributed by atoms with van der Waals surface area (Å²) >= 11 is 1.17. The molecule has 0 radical (unpaired) electrons. The van der Waals surface area contributed by atoms with E-state index in [1.807, 2.05) is 18.9 Å². The maximum Gasteiger partial charge on any atom is 0.348 e. The smallest absolute Gasteiger partial charge is 0.348 e. The summed E-state index contributed by atoms with van der Waals surface area (Å²) in [7, 11) is 1.92. The zero-order valence-corrected chi connectivity index (χ0v) is 10.7. The summed E-state index contributed by atoms with van der Waals surface area (Å²) < 4.78 is 0. The van der Waals surface area contributed by atoms with Crippen LogP contribution in [-0.4, -0.2) is 36.6 Å². The Labute approximate surface area is 103 Å². The number of hydrogen-bond acceptors (Lipinski definition) is 4. The number of thiophene rings is 1. The minimum Gasteiger partial charge on any atom is -0.477 e. The van der Waals surface area contributed by atoms with E-state index in [2.05, 4.69) is 0 Å². The van der Waals surface area contributed by atoms with Gasteiger partial charge in [0.15, 0.2) is 0 Å². The molecule has 1 atom stereocenters. The highest BCUT2D eigenvalue weighted by Crippen LogP contribution is 2.42. The van der Waals surface area contributed by atoms with E-state index in [1.54, 1.807) is 10.3 Å². The minimum atomic E-state index is -0.981. The van der Waals surface area contributed by atoms with E-state index < -0.39 is 5.97 Å². The lowest BCUT2D eigenvalue weighted by molar-refractivity contribution is -0.116. The van der Waals surface area contributed by atoms with E-state index in [-0.39, 0.29) is 16.8 Å². The average molecular weight is 254 g/mol. The number of rotatable bonds is 1. The van der Waals surface area contributed by atoms with E-state index >= 15 is 0 Å². The molecule has 0 spiro atoms. The molecule has 0 aliphatic carbocycles. The topological polar surface area (TPSA) is 60.9 Å². The Bertz CT molecular complexity index is 483. The molecule has 0 bridgehead atoms. The number of nitrogens with zero attached hydrogens (tertiary/aromatic N) is 2. The average Bonchev–Trinajstić information content (AvgIpc) is 2.67. The Morgan fingerprint density at radius 2 is 2.18 bits per heavy atom. The van der Waals surface area contributed by atoms with Gasteiger partial charge in [-0.2, -0.15) is 0 Å². The van der Waals surface area contributed by atoms with E-state index in [9.17, 15) is 9.59 Å².